The SMILES string of the molecule is CCCC(C)(CNCC)CN1CCC(O)C1. The summed E-state index contributed by atoms with van der Waals surface area (Å²) in [5.41, 5.74) is 0.356. The number of nitrogens with one attached hydrogen (secondary N) is 1. The van der Waals surface area contributed by atoms with Crippen molar-refractivity contribution in [3.8, 4) is 0 Å². The lowest BCUT2D eigenvalue weighted by atomic mass is 9.85. The highest BCUT2D eigenvalue weighted by molar-refractivity contribution is 4.84. The Hall–Kier alpha value is -0.120. The lowest BCUT2D eigenvalue weighted by Crippen LogP contribution is -2.41. The first-order valence-electron chi connectivity index (χ1n) is 6.71. The molecule has 0 saturated carbocycles. The molecule has 0 aromatic carbocycles. The summed E-state index contributed by atoms with van der Waals surface area (Å²) in [4.78, 5) is 2.41. The van der Waals surface area contributed by atoms with Crippen LogP contribution in [0.25, 0.3) is 0 Å². The zero-order valence-corrected chi connectivity index (χ0v) is 11.1. The van der Waals surface area contributed by atoms with Gasteiger partial charge in [0.2, 0.25) is 0 Å². The number of aliphatic hydroxyl groups is 1. The van der Waals surface area contributed by atoms with Crippen LogP contribution in [0, 0.1) is 5.41 Å². The maximum absolute atomic E-state index is 9.55. The molecule has 16 heavy (non-hydrogen) atoms. The van der Waals surface area contributed by atoms with E-state index in [0.717, 1.165) is 39.1 Å². The van der Waals surface area contributed by atoms with Gasteiger partial charge in [-0.1, -0.05) is 27.2 Å². The molecule has 0 bridgehead atoms. The van der Waals surface area contributed by atoms with E-state index in [-0.39, 0.29) is 6.10 Å². The Morgan fingerprint density at radius 1 is 1.44 bits per heavy atom. The maximum Gasteiger partial charge on any atom is 0.0679 e. The third-order valence-corrected chi connectivity index (χ3v) is 3.51. The minimum atomic E-state index is -0.0926. The summed E-state index contributed by atoms with van der Waals surface area (Å²) >= 11 is 0. The smallest absolute Gasteiger partial charge is 0.0679 e. The molecular formula is C13H28N2O. The number of likely N-dealkylation sites (tertiary alicyclic amines) is 1. The van der Waals surface area contributed by atoms with Gasteiger partial charge in [0.15, 0.2) is 0 Å². The van der Waals surface area contributed by atoms with Crippen molar-refractivity contribution >= 4 is 0 Å². The van der Waals surface area contributed by atoms with Crippen molar-refractivity contribution < 1.29 is 5.11 Å². The molecule has 0 amide bonds. The van der Waals surface area contributed by atoms with Crippen LogP contribution in [0.5, 0.6) is 0 Å². The van der Waals surface area contributed by atoms with Crippen LogP contribution in [0.2, 0.25) is 0 Å². The highest BCUT2D eigenvalue weighted by Gasteiger charge is 2.29. The van der Waals surface area contributed by atoms with Crippen molar-refractivity contribution in [2.24, 2.45) is 5.41 Å². The molecule has 1 fully saturated rings. The summed E-state index contributed by atoms with van der Waals surface area (Å²) in [6.45, 7) is 12.0. The molecule has 96 valence electrons. The van der Waals surface area contributed by atoms with Crippen LogP contribution >= 0.6 is 0 Å². The van der Waals surface area contributed by atoms with Crippen molar-refractivity contribution in [1.29, 1.82) is 0 Å². The minimum absolute atomic E-state index is 0.0926. The monoisotopic (exact) mass is 228 g/mol. The van der Waals surface area contributed by atoms with Gasteiger partial charge in [-0.2, -0.15) is 0 Å². The first kappa shape index (κ1) is 13.9. The molecule has 1 saturated heterocycles. The second-order valence-corrected chi connectivity index (χ2v) is 5.52. The summed E-state index contributed by atoms with van der Waals surface area (Å²) < 4.78 is 0. The molecule has 0 aliphatic carbocycles. The van der Waals surface area contributed by atoms with E-state index < -0.39 is 0 Å². The molecule has 0 radical (unpaired) electrons. The van der Waals surface area contributed by atoms with Gasteiger partial charge >= 0.3 is 0 Å². The van der Waals surface area contributed by atoms with Gasteiger partial charge in [-0.3, -0.25) is 0 Å². The molecular weight excluding hydrogens is 200 g/mol. The summed E-state index contributed by atoms with van der Waals surface area (Å²) in [7, 11) is 0. The molecule has 3 heteroatoms. The van der Waals surface area contributed by atoms with Gasteiger partial charge in [0.1, 0.15) is 0 Å². The predicted molar refractivity (Wildman–Crippen MR) is 68.6 cm³/mol. The van der Waals surface area contributed by atoms with Crippen molar-refractivity contribution in [1.82, 2.24) is 10.2 Å². The number of hydrogen-bond donors (Lipinski definition) is 2. The van der Waals surface area contributed by atoms with Crippen LogP contribution in [0.3, 0.4) is 0 Å². The van der Waals surface area contributed by atoms with Gasteiger partial charge in [-0.05, 0) is 24.8 Å². The highest BCUT2D eigenvalue weighted by Crippen LogP contribution is 2.25. The number of β-amino-alcohol motifs (C(OH)–C–C–N with tert-alkyl or cyclic N) is 1. The topological polar surface area (TPSA) is 35.5 Å². The average Bonchev–Trinajstić information content (AvgIpc) is 2.61. The van der Waals surface area contributed by atoms with Crippen molar-refractivity contribution in [2.45, 2.75) is 46.1 Å². The van der Waals surface area contributed by atoms with Crippen molar-refractivity contribution in [2.75, 3.05) is 32.7 Å². The summed E-state index contributed by atoms with van der Waals surface area (Å²) in [6, 6.07) is 0. The Balaban J connectivity index is 2.42. The second-order valence-electron chi connectivity index (χ2n) is 5.52. The second kappa shape index (κ2) is 6.58. The lowest BCUT2D eigenvalue weighted by molar-refractivity contribution is 0.140. The van der Waals surface area contributed by atoms with E-state index in [1.165, 1.54) is 12.8 Å². The summed E-state index contributed by atoms with van der Waals surface area (Å²) in [5, 5.41) is 13.0. The molecule has 1 heterocycles. The molecule has 1 rings (SSSR count). The van der Waals surface area contributed by atoms with Gasteiger partial charge in [-0.25, -0.2) is 0 Å². The molecule has 1 aliphatic heterocycles. The van der Waals surface area contributed by atoms with E-state index in [1.807, 2.05) is 0 Å². The standard InChI is InChI=1S/C13H28N2O/c1-4-7-13(3,10-14-5-2)11-15-8-6-12(16)9-15/h12,14,16H,4-11H2,1-3H3. The van der Waals surface area contributed by atoms with Crippen LogP contribution in [0.15, 0.2) is 0 Å². The minimum Gasteiger partial charge on any atom is -0.392 e. The Labute approximate surface area is 100 Å². The summed E-state index contributed by atoms with van der Waals surface area (Å²) in [6.07, 6.45) is 3.35. The Morgan fingerprint density at radius 2 is 2.19 bits per heavy atom. The fourth-order valence-electron chi connectivity index (χ4n) is 2.75. The van der Waals surface area contributed by atoms with E-state index in [4.69, 9.17) is 0 Å². The molecule has 2 N–H and O–H groups in total. The quantitative estimate of drug-likeness (QED) is 0.692. The normalized spacial score (nSPS) is 25.9. The number of rotatable bonds is 7. The van der Waals surface area contributed by atoms with Crippen LogP contribution in [0.1, 0.15) is 40.0 Å². The molecule has 2 atom stereocenters. The molecule has 1 aliphatic rings. The average molecular weight is 228 g/mol. The molecule has 0 aromatic rings. The van der Waals surface area contributed by atoms with Gasteiger partial charge in [0.25, 0.3) is 0 Å². The van der Waals surface area contributed by atoms with Gasteiger partial charge in [0, 0.05) is 26.2 Å². The van der Waals surface area contributed by atoms with Crippen LogP contribution < -0.4 is 5.32 Å². The van der Waals surface area contributed by atoms with Gasteiger partial charge < -0.3 is 15.3 Å². The third-order valence-electron chi connectivity index (χ3n) is 3.51. The van der Waals surface area contributed by atoms with Crippen LogP contribution in [-0.4, -0.2) is 48.8 Å². The Bertz CT molecular complexity index is 198. The predicted octanol–water partition coefficient (Wildman–Crippen LogP) is 1.47. The van der Waals surface area contributed by atoms with E-state index in [9.17, 15) is 5.11 Å². The lowest BCUT2D eigenvalue weighted by Gasteiger charge is -2.34. The fourth-order valence-corrected chi connectivity index (χ4v) is 2.75. The fraction of sp³-hybridized carbons (Fsp3) is 1.00. The number of aliphatic hydroxyl groups excluding tert-OH is 1. The van der Waals surface area contributed by atoms with E-state index in [1.54, 1.807) is 0 Å². The Morgan fingerprint density at radius 3 is 2.69 bits per heavy atom. The largest absolute Gasteiger partial charge is 0.392 e. The van der Waals surface area contributed by atoms with E-state index in [0.29, 0.717) is 5.41 Å². The molecule has 0 aromatic heterocycles. The zero-order valence-electron chi connectivity index (χ0n) is 11.1. The van der Waals surface area contributed by atoms with Gasteiger partial charge in [-0.15, -0.1) is 0 Å². The van der Waals surface area contributed by atoms with E-state index >= 15 is 0 Å². The molecule has 3 nitrogen and oxygen atoms in total. The van der Waals surface area contributed by atoms with E-state index in [2.05, 4.69) is 31.0 Å². The van der Waals surface area contributed by atoms with Crippen molar-refractivity contribution in [3.63, 3.8) is 0 Å². The Kier molecular flexibility index (Phi) is 5.73. The van der Waals surface area contributed by atoms with Gasteiger partial charge in [0.05, 0.1) is 6.10 Å². The first-order valence-corrected chi connectivity index (χ1v) is 6.71. The molecule has 2 unspecified atom stereocenters. The maximum atomic E-state index is 9.55. The summed E-state index contributed by atoms with van der Waals surface area (Å²) in [5.74, 6) is 0. The van der Waals surface area contributed by atoms with Crippen molar-refractivity contribution in [3.05, 3.63) is 0 Å². The third kappa shape index (κ3) is 4.40. The van der Waals surface area contributed by atoms with Crippen LogP contribution in [0.4, 0.5) is 0 Å². The first-order chi connectivity index (χ1) is 7.59. The number of hydrogen-bond acceptors (Lipinski definition) is 3. The zero-order chi connectivity index (χ0) is 12.0. The number of nitrogens with zero attached hydrogens (tertiary/aromatic N) is 1. The molecule has 0 spiro atoms. The van der Waals surface area contributed by atoms with Crippen LogP contribution in [-0.2, 0) is 0 Å². The highest BCUT2D eigenvalue weighted by atomic mass is 16.3.